The molecule has 1 radical (unpaired) electrons. The quantitative estimate of drug-likeness (QED) is 0.247. The third-order valence-electron chi connectivity index (χ3n) is 5.39. The van der Waals surface area contributed by atoms with E-state index in [0.717, 1.165) is 38.3 Å². The molecule has 2 heterocycles. The number of hydrogen-bond acceptors (Lipinski definition) is 2. The number of fused-ring (bicyclic) bond motifs is 5. The summed E-state index contributed by atoms with van der Waals surface area (Å²) in [5.41, 5.74) is 5.23. The van der Waals surface area contributed by atoms with Gasteiger partial charge in [-0.05, 0) is 34.7 Å². The Morgan fingerprint density at radius 3 is 2.43 bits per heavy atom. The fraction of sp³-hybridized carbons (Fsp3) is 0. The number of para-hydroxylation sites is 1. The molecule has 0 amide bonds. The molecule has 2 heteroatoms. The molecule has 4 aromatic carbocycles. The first-order valence-corrected chi connectivity index (χ1v) is 9.35. The summed E-state index contributed by atoms with van der Waals surface area (Å²) in [4.78, 5) is 9.54. The molecule has 6 aromatic rings. The lowest BCUT2D eigenvalue weighted by Crippen LogP contribution is -1.89. The van der Waals surface area contributed by atoms with Gasteiger partial charge in [-0.1, -0.05) is 66.7 Å². The number of pyridine rings is 2. The molecule has 6 rings (SSSR count). The molecular weight excluding hydrogens is 340 g/mol. The van der Waals surface area contributed by atoms with Crippen molar-refractivity contribution >= 4 is 43.5 Å². The highest BCUT2D eigenvalue weighted by Gasteiger charge is 2.12. The van der Waals surface area contributed by atoms with Gasteiger partial charge in [0.1, 0.15) is 0 Å². The number of rotatable bonds is 1. The van der Waals surface area contributed by atoms with Crippen molar-refractivity contribution in [1.29, 1.82) is 0 Å². The second kappa shape index (κ2) is 5.86. The predicted molar refractivity (Wildman–Crippen MR) is 116 cm³/mol. The summed E-state index contributed by atoms with van der Waals surface area (Å²) in [6.45, 7) is 0. The van der Waals surface area contributed by atoms with E-state index in [0.29, 0.717) is 0 Å². The van der Waals surface area contributed by atoms with Gasteiger partial charge in [-0.25, -0.2) is 4.98 Å². The lowest BCUT2D eigenvalue weighted by molar-refractivity contribution is 1.44. The van der Waals surface area contributed by atoms with Gasteiger partial charge in [0.15, 0.2) is 0 Å². The van der Waals surface area contributed by atoms with E-state index in [9.17, 15) is 0 Å². The SMILES string of the molecule is [c]1ccc(-c2cccc3ncc4ccccc4c23)c2cc3ccccc3nc12. The molecule has 0 bridgehead atoms. The minimum Gasteiger partial charge on any atom is -0.256 e. The maximum atomic E-state index is 4.84. The molecule has 0 N–H and O–H groups in total. The van der Waals surface area contributed by atoms with Crippen LogP contribution in [-0.4, -0.2) is 9.97 Å². The van der Waals surface area contributed by atoms with Crippen molar-refractivity contribution in [3.05, 3.63) is 97.2 Å². The number of benzene rings is 4. The molecule has 2 nitrogen and oxygen atoms in total. The summed E-state index contributed by atoms with van der Waals surface area (Å²) in [7, 11) is 0. The standard InChI is InChI=1S/C26H15N2/c1-3-9-19-18(8-1)16-27-25-14-6-11-21(26(19)25)20-10-5-13-24-22(20)15-17-7-2-4-12-23(17)28-24/h1-12,14-16H. The maximum Gasteiger partial charge on any atom is 0.0795 e. The van der Waals surface area contributed by atoms with E-state index in [1.54, 1.807) is 0 Å². The Labute approximate surface area is 162 Å². The van der Waals surface area contributed by atoms with Crippen molar-refractivity contribution in [3.8, 4) is 11.1 Å². The van der Waals surface area contributed by atoms with Crippen molar-refractivity contribution < 1.29 is 0 Å². The van der Waals surface area contributed by atoms with E-state index in [4.69, 9.17) is 9.97 Å². The van der Waals surface area contributed by atoms with Crippen LogP contribution in [-0.2, 0) is 0 Å². The monoisotopic (exact) mass is 355 g/mol. The van der Waals surface area contributed by atoms with Crippen LogP contribution in [0.2, 0.25) is 0 Å². The molecule has 0 saturated heterocycles. The van der Waals surface area contributed by atoms with Gasteiger partial charge in [0, 0.05) is 33.8 Å². The Bertz CT molecular complexity index is 1520. The second-order valence-corrected chi connectivity index (χ2v) is 7.01. The third kappa shape index (κ3) is 2.21. The summed E-state index contributed by atoms with van der Waals surface area (Å²) < 4.78 is 0. The Hall–Kier alpha value is -3.78. The first-order chi connectivity index (χ1) is 13.9. The lowest BCUT2D eigenvalue weighted by Gasteiger charge is -2.12. The molecule has 0 saturated carbocycles. The average Bonchev–Trinajstić information content (AvgIpc) is 2.76. The first kappa shape index (κ1) is 15.3. The number of aromatic nitrogens is 2. The predicted octanol–water partition coefficient (Wildman–Crippen LogP) is 6.56. The molecule has 0 aliphatic carbocycles. The molecule has 129 valence electrons. The smallest absolute Gasteiger partial charge is 0.0795 e. The Morgan fingerprint density at radius 1 is 0.643 bits per heavy atom. The van der Waals surface area contributed by atoms with Crippen LogP contribution in [0, 0.1) is 6.07 Å². The van der Waals surface area contributed by atoms with Crippen LogP contribution < -0.4 is 0 Å². The molecular formula is C26H15N2. The summed E-state index contributed by atoms with van der Waals surface area (Å²) in [5.74, 6) is 0. The lowest BCUT2D eigenvalue weighted by atomic mass is 9.94. The normalized spacial score (nSPS) is 11.6. The molecule has 0 atom stereocenters. The number of hydrogen-bond donors (Lipinski definition) is 0. The van der Waals surface area contributed by atoms with Crippen LogP contribution in [0.15, 0.2) is 91.1 Å². The van der Waals surface area contributed by atoms with Crippen LogP contribution in [0.25, 0.3) is 54.6 Å². The Morgan fingerprint density at radius 2 is 1.46 bits per heavy atom. The minimum absolute atomic E-state index is 0.890. The minimum atomic E-state index is 0.890. The van der Waals surface area contributed by atoms with Gasteiger partial charge in [0.05, 0.1) is 16.6 Å². The molecule has 0 aliphatic heterocycles. The van der Waals surface area contributed by atoms with Crippen LogP contribution in [0.5, 0.6) is 0 Å². The highest BCUT2D eigenvalue weighted by atomic mass is 14.7. The van der Waals surface area contributed by atoms with E-state index in [2.05, 4.69) is 72.8 Å². The summed E-state index contributed by atoms with van der Waals surface area (Å²) in [5, 5.41) is 5.80. The third-order valence-corrected chi connectivity index (χ3v) is 5.39. The Kier molecular flexibility index (Phi) is 3.20. The highest BCUT2D eigenvalue weighted by molar-refractivity contribution is 6.15. The van der Waals surface area contributed by atoms with Crippen molar-refractivity contribution in [3.63, 3.8) is 0 Å². The largest absolute Gasteiger partial charge is 0.256 e. The van der Waals surface area contributed by atoms with Crippen LogP contribution in [0.3, 0.4) is 0 Å². The molecule has 0 fully saturated rings. The van der Waals surface area contributed by atoms with Crippen molar-refractivity contribution in [2.75, 3.05) is 0 Å². The van der Waals surface area contributed by atoms with E-state index in [1.807, 2.05) is 24.4 Å². The van der Waals surface area contributed by atoms with Gasteiger partial charge in [0.25, 0.3) is 0 Å². The number of nitrogens with zero attached hydrogens (tertiary/aromatic N) is 2. The van der Waals surface area contributed by atoms with Crippen LogP contribution in [0.4, 0.5) is 0 Å². The van der Waals surface area contributed by atoms with Gasteiger partial charge in [-0.2, -0.15) is 0 Å². The van der Waals surface area contributed by atoms with E-state index < -0.39 is 0 Å². The summed E-state index contributed by atoms with van der Waals surface area (Å²) >= 11 is 0. The van der Waals surface area contributed by atoms with Gasteiger partial charge in [-0.15, -0.1) is 0 Å². The van der Waals surface area contributed by atoms with E-state index >= 15 is 0 Å². The second-order valence-electron chi connectivity index (χ2n) is 7.01. The molecule has 0 unspecified atom stereocenters. The topological polar surface area (TPSA) is 25.8 Å². The van der Waals surface area contributed by atoms with Gasteiger partial charge < -0.3 is 0 Å². The zero-order valence-corrected chi connectivity index (χ0v) is 15.1. The molecule has 2 aromatic heterocycles. The van der Waals surface area contributed by atoms with Gasteiger partial charge in [0.2, 0.25) is 0 Å². The Balaban J connectivity index is 1.78. The van der Waals surface area contributed by atoms with E-state index in [-0.39, 0.29) is 0 Å². The van der Waals surface area contributed by atoms with Crippen LogP contribution in [0.1, 0.15) is 0 Å². The van der Waals surface area contributed by atoms with Crippen molar-refractivity contribution in [2.45, 2.75) is 0 Å². The average molecular weight is 355 g/mol. The van der Waals surface area contributed by atoms with E-state index in [1.165, 1.54) is 16.3 Å². The fourth-order valence-electron chi connectivity index (χ4n) is 4.09. The summed E-state index contributed by atoms with van der Waals surface area (Å²) in [6, 6.07) is 32.6. The zero-order valence-electron chi connectivity index (χ0n) is 15.1. The maximum absolute atomic E-state index is 4.84. The molecule has 0 aliphatic rings. The highest BCUT2D eigenvalue weighted by Crippen LogP contribution is 2.37. The van der Waals surface area contributed by atoms with Crippen molar-refractivity contribution in [1.82, 2.24) is 9.97 Å². The van der Waals surface area contributed by atoms with Crippen molar-refractivity contribution in [2.24, 2.45) is 0 Å². The molecule has 28 heavy (non-hydrogen) atoms. The summed E-state index contributed by atoms with van der Waals surface area (Å²) in [6.07, 6.45) is 1.95. The molecule has 0 spiro atoms. The van der Waals surface area contributed by atoms with Gasteiger partial charge in [-0.3, -0.25) is 4.98 Å². The first-order valence-electron chi connectivity index (χ1n) is 9.35. The zero-order chi connectivity index (χ0) is 18.5. The van der Waals surface area contributed by atoms with Gasteiger partial charge >= 0.3 is 0 Å². The van der Waals surface area contributed by atoms with Crippen LogP contribution >= 0.6 is 0 Å². The fourth-order valence-corrected chi connectivity index (χ4v) is 4.09.